The number of nitrogens with zero attached hydrogens (tertiary/aromatic N) is 3. The fourth-order valence-corrected chi connectivity index (χ4v) is 3.81. The van der Waals surface area contributed by atoms with Crippen LogP contribution in [0.2, 0.25) is 0 Å². The summed E-state index contributed by atoms with van der Waals surface area (Å²) in [7, 11) is 1.63. The first kappa shape index (κ1) is 20.4. The molecule has 3 aromatic rings. The van der Waals surface area contributed by atoms with Gasteiger partial charge in [-0.3, -0.25) is 4.79 Å². The molecule has 0 aliphatic heterocycles. The zero-order chi connectivity index (χ0) is 20.1. The molecule has 2 aromatic carbocycles. The molecule has 0 atom stereocenters. The van der Waals surface area contributed by atoms with E-state index in [-0.39, 0.29) is 11.7 Å². The molecule has 0 spiro atoms. The molecule has 1 heterocycles. The first-order chi connectivity index (χ1) is 13.5. The number of hydrogen-bond donors (Lipinski definition) is 1. The summed E-state index contributed by atoms with van der Waals surface area (Å²) in [6.45, 7) is 4.70. The fourth-order valence-electron chi connectivity index (χ4n) is 2.76. The lowest BCUT2D eigenvalue weighted by molar-refractivity contribution is -0.113. The highest BCUT2D eigenvalue weighted by molar-refractivity contribution is 9.10. The van der Waals surface area contributed by atoms with Crippen molar-refractivity contribution >= 4 is 39.3 Å². The maximum atomic E-state index is 12.3. The molecule has 0 unspecified atom stereocenters. The summed E-state index contributed by atoms with van der Waals surface area (Å²) in [4.78, 5) is 12.3. The summed E-state index contributed by atoms with van der Waals surface area (Å²) in [5, 5.41) is 12.2. The van der Waals surface area contributed by atoms with Gasteiger partial charge in [0.05, 0.1) is 18.4 Å². The summed E-state index contributed by atoms with van der Waals surface area (Å²) in [6, 6.07) is 13.4. The Labute approximate surface area is 176 Å². The number of aryl methyl sites for hydroxylation is 1. The molecule has 0 fully saturated rings. The number of methoxy groups -OCH3 is 1. The van der Waals surface area contributed by atoms with Gasteiger partial charge in [-0.2, -0.15) is 0 Å². The highest BCUT2D eigenvalue weighted by Crippen LogP contribution is 2.30. The summed E-state index contributed by atoms with van der Waals surface area (Å²) in [5.74, 6) is 1.63. The Morgan fingerprint density at radius 3 is 2.75 bits per heavy atom. The van der Waals surface area contributed by atoms with Crippen LogP contribution in [0.25, 0.3) is 11.4 Å². The second-order valence-corrected chi connectivity index (χ2v) is 7.85. The highest BCUT2D eigenvalue weighted by Gasteiger charge is 2.17. The molecule has 1 aromatic heterocycles. The van der Waals surface area contributed by atoms with Crippen LogP contribution >= 0.6 is 27.7 Å². The van der Waals surface area contributed by atoms with E-state index in [0.717, 1.165) is 32.9 Å². The number of carbonyl (C=O) groups is 1. The smallest absolute Gasteiger partial charge is 0.234 e. The van der Waals surface area contributed by atoms with E-state index in [1.165, 1.54) is 11.8 Å². The number of amides is 1. The zero-order valence-corrected chi connectivity index (χ0v) is 18.3. The van der Waals surface area contributed by atoms with Gasteiger partial charge in [-0.25, -0.2) is 0 Å². The first-order valence-corrected chi connectivity index (χ1v) is 10.6. The fraction of sp³-hybridized carbons (Fsp3) is 0.250. The van der Waals surface area contributed by atoms with E-state index in [0.29, 0.717) is 11.7 Å². The molecule has 8 heteroatoms. The maximum Gasteiger partial charge on any atom is 0.234 e. The Kier molecular flexibility index (Phi) is 6.74. The van der Waals surface area contributed by atoms with E-state index in [1.54, 1.807) is 7.11 Å². The number of benzene rings is 2. The Balaban J connectivity index is 1.72. The van der Waals surface area contributed by atoms with E-state index in [1.807, 2.05) is 60.9 Å². The minimum atomic E-state index is -0.0868. The zero-order valence-electron chi connectivity index (χ0n) is 15.9. The highest BCUT2D eigenvalue weighted by atomic mass is 79.9. The van der Waals surface area contributed by atoms with Gasteiger partial charge in [0.2, 0.25) is 5.91 Å². The van der Waals surface area contributed by atoms with Crippen LogP contribution in [0.4, 0.5) is 5.69 Å². The molecule has 0 saturated carbocycles. The first-order valence-electron chi connectivity index (χ1n) is 8.78. The number of nitrogens with one attached hydrogen (secondary N) is 1. The molecule has 3 rings (SSSR count). The van der Waals surface area contributed by atoms with Crippen molar-refractivity contribution < 1.29 is 9.53 Å². The monoisotopic (exact) mass is 460 g/mol. The van der Waals surface area contributed by atoms with Crippen LogP contribution in [-0.2, 0) is 11.3 Å². The number of halogens is 1. The topological polar surface area (TPSA) is 69.0 Å². The average molecular weight is 461 g/mol. The van der Waals surface area contributed by atoms with Crippen molar-refractivity contribution in [2.24, 2.45) is 0 Å². The Morgan fingerprint density at radius 2 is 2.04 bits per heavy atom. The number of carbonyl (C=O) groups excluding carboxylic acids is 1. The molecule has 146 valence electrons. The molecule has 0 saturated heterocycles. The Morgan fingerprint density at radius 1 is 1.25 bits per heavy atom. The van der Waals surface area contributed by atoms with Crippen molar-refractivity contribution in [3.05, 3.63) is 52.5 Å². The lowest BCUT2D eigenvalue weighted by Crippen LogP contribution is -2.14. The van der Waals surface area contributed by atoms with Gasteiger partial charge in [0, 0.05) is 16.7 Å². The van der Waals surface area contributed by atoms with Crippen molar-refractivity contribution in [3.63, 3.8) is 0 Å². The van der Waals surface area contributed by atoms with Crippen LogP contribution in [0, 0.1) is 6.92 Å². The number of thioether (sulfide) groups is 1. The lowest BCUT2D eigenvalue weighted by Gasteiger charge is -2.10. The minimum absolute atomic E-state index is 0.0868. The molecule has 1 amide bonds. The summed E-state index contributed by atoms with van der Waals surface area (Å²) in [6.07, 6.45) is 0. The maximum absolute atomic E-state index is 12.3. The number of rotatable bonds is 7. The van der Waals surface area contributed by atoms with Gasteiger partial charge in [-0.05, 0) is 49.7 Å². The molecular formula is C20H21BrN4O2S. The Hall–Kier alpha value is -2.32. The van der Waals surface area contributed by atoms with Crippen molar-refractivity contribution in [3.8, 4) is 17.1 Å². The Bertz CT molecular complexity index is 990. The molecule has 0 aliphatic rings. The van der Waals surface area contributed by atoms with Gasteiger partial charge in [0.25, 0.3) is 0 Å². The number of aromatic nitrogens is 3. The van der Waals surface area contributed by atoms with E-state index >= 15 is 0 Å². The van der Waals surface area contributed by atoms with Gasteiger partial charge in [-0.15, -0.1) is 10.2 Å². The predicted octanol–water partition coefficient (Wildman–Crippen LogP) is 4.78. The van der Waals surface area contributed by atoms with E-state index in [9.17, 15) is 4.79 Å². The van der Waals surface area contributed by atoms with Gasteiger partial charge >= 0.3 is 0 Å². The number of para-hydroxylation sites is 1. The predicted molar refractivity (Wildman–Crippen MR) is 116 cm³/mol. The quantitative estimate of drug-likeness (QED) is 0.513. The van der Waals surface area contributed by atoms with Gasteiger partial charge in [0.1, 0.15) is 5.75 Å². The third kappa shape index (κ3) is 4.56. The van der Waals surface area contributed by atoms with E-state index in [4.69, 9.17) is 4.74 Å². The third-order valence-electron chi connectivity index (χ3n) is 4.16. The second-order valence-electron chi connectivity index (χ2n) is 6.05. The van der Waals surface area contributed by atoms with Gasteiger partial charge in [-0.1, -0.05) is 39.8 Å². The van der Waals surface area contributed by atoms with Gasteiger partial charge in [0.15, 0.2) is 11.0 Å². The minimum Gasteiger partial charge on any atom is -0.496 e. The largest absolute Gasteiger partial charge is 0.496 e. The van der Waals surface area contributed by atoms with Crippen LogP contribution in [0.1, 0.15) is 12.5 Å². The molecule has 0 bridgehead atoms. The normalized spacial score (nSPS) is 10.7. The number of ether oxygens (including phenoxy) is 1. The SMILES string of the molecule is CCn1c(SCC(=O)Nc2ccc(Br)c(C)c2)nnc1-c1ccccc1OC. The summed E-state index contributed by atoms with van der Waals surface area (Å²) < 4.78 is 8.44. The van der Waals surface area contributed by atoms with Crippen LogP contribution in [0.3, 0.4) is 0 Å². The van der Waals surface area contributed by atoms with Crippen molar-refractivity contribution in [2.45, 2.75) is 25.5 Å². The van der Waals surface area contributed by atoms with E-state index < -0.39 is 0 Å². The van der Waals surface area contributed by atoms with Crippen LogP contribution in [0.5, 0.6) is 5.75 Å². The standard InChI is InChI=1S/C20H21BrN4O2S/c1-4-25-19(15-7-5-6-8-17(15)27-3)23-24-20(25)28-12-18(26)22-14-9-10-16(21)13(2)11-14/h5-11H,4,12H2,1-3H3,(H,22,26). The van der Waals surface area contributed by atoms with Gasteiger partial charge < -0.3 is 14.6 Å². The summed E-state index contributed by atoms with van der Waals surface area (Å²) >= 11 is 4.82. The molecule has 1 N–H and O–H groups in total. The van der Waals surface area contributed by atoms with Crippen molar-refractivity contribution in [1.82, 2.24) is 14.8 Å². The molecule has 0 radical (unpaired) electrons. The second kappa shape index (κ2) is 9.25. The lowest BCUT2D eigenvalue weighted by atomic mass is 10.2. The molecule has 6 nitrogen and oxygen atoms in total. The van der Waals surface area contributed by atoms with Crippen LogP contribution in [-0.4, -0.2) is 33.5 Å². The summed E-state index contributed by atoms with van der Waals surface area (Å²) in [5.41, 5.74) is 2.72. The van der Waals surface area contributed by atoms with Crippen molar-refractivity contribution in [1.29, 1.82) is 0 Å². The molecule has 28 heavy (non-hydrogen) atoms. The number of anilines is 1. The number of hydrogen-bond acceptors (Lipinski definition) is 5. The van der Waals surface area contributed by atoms with Crippen molar-refractivity contribution in [2.75, 3.05) is 18.2 Å². The van der Waals surface area contributed by atoms with Crippen LogP contribution in [0.15, 0.2) is 52.1 Å². The van der Waals surface area contributed by atoms with Crippen LogP contribution < -0.4 is 10.1 Å². The van der Waals surface area contributed by atoms with E-state index in [2.05, 4.69) is 31.4 Å². The molecular weight excluding hydrogens is 440 g/mol. The average Bonchev–Trinajstić information content (AvgIpc) is 3.12. The molecule has 0 aliphatic carbocycles. The third-order valence-corrected chi connectivity index (χ3v) is 6.01.